The molecular weight excluding hydrogens is 407 g/mol. The summed E-state index contributed by atoms with van der Waals surface area (Å²) >= 11 is 0. The van der Waals surface area contributed by atoms with Crippen molar-refractivity contribution in [2.75, 3.05) is 0 Å². The third-order valence-corrected chi connectivity index (χ3v) is 5.17. The Hall–Kier alpha value is -2.94. The van der Waals surface area contributed by atoms with Crippen LogP contribution in [-0.2, 0) is 12.7 Å². The number of nitrogens with one attached hydrogen (secondary N) is 2. The van der Waals surface area contributed by atoms with Gasteiger partial charge in [-0.05, 0) is 49.2 Å². The Morgan fingerprint density at radius 2 is 1.77 bits per heavy atom. The van der Waals surface area contributed by atoms with Crippen LogP contribution in [0.25, 0.3) is 10.9 Å². The SMILES string of the molecule is O=c1ccc2c(CNC3CC(Oc4ccc(F)c(C(F)(F)F)c4)C3)c(F)ccc2[nH]1. The molecule has 0 bridgehead atoms. The zero-order valence-electron chi connectivity index (χ0n) is 15.5. The molecule has 3 aromatic rings. The topological polar surface area (TPSA) is 54.1 Å². The number of H-pyrrole nitrogens is 1. The molecule has 158 valence electrons. The van der Waals surface area contributed by atoms with Gasteiger partial charge >= 0.3 is 6.18 Å². The Balaban J connectivity index is 1.36. The molecule has 1 aromatic heterocycles. The van der Waals surface area contributed by atoms with E-state index in [0.717, 1.165) is 12.1 Å². The van der Waals surface area contributed by atoms with Gasteiger partial charge in [-0.2, -0.15) is 13.2 Å². The molecule has 4 nitrogen and oxygen atoms in total. The van der Waals surface area contributed by atoms with Gasteiger partial charge in [0.1, 0.15) is 23.5 Å². The number of rotatable bonds is 5. The fraction of sp³-hybridized carbons (Fsp3) is 0.286. The summed E-state index contributed by atoms with van der Waals surface area (Å²) in [6.07, 6.45) is -4.08. The van der Waals surface area contributed by atoms with Crippen molar-refractivity contribution >= 4 is 10.9 Å². The number of ether oxygens (including phenoxy) is 1. The van der Waals surface area contributed by atoms with Crippen molar-refractivity contribution in [2.45, 2.75) is 37.7 Å². The van der Waals surface area contributed by atoms with E-state index in [0.29, 0.717) is 35.4 Å². The Morgan fingerprint density at radius 3 is 2.50 bits per heavy atom. The molecule has 0 amide bonds. The van der Waals surface area contributed by atoms with Crippen LogP contribution in [0.3, 0.4) is 0 Å². The molecule has 1 aliphatic carbocycles. The lowest BCUT2D eigenvalue weighted by Crippen LogP contribution is -2.46. The molecular formula is C21H17F5N2O2. The Labute approximate surface area is 167 Å². The highest BCUT2D eigenvalue weighted by molar-refractivity contribution is 5.82. The number of aromatic nitrogens is 1. The zero-order chi connectivity index (χ0) is 21.5. The molecule has 0 spiro atoms. The van der Waals surface area contributed by atoms with Gasteiger partial charge in [-0.3, -0.25) is 4.79 Å². The predicted molar refractivity (Wildman–Crippen MR) is 100 cm³/mol. The van der Waals surface area contributed by atoms with E-state index in [1.165, 1.54) is 18.2 Å². The molecule has 1 heterocycles. The molecule has 0 aliphatic heterocycles. The first-order chi connectivity index (χ1) is 14.2. The van der Waals surface area contributed by atoms with Crippen LogP contribution >= 0.6 is 0 Å². The van der Waals surface area contributed by atoms with Crippen LogP contribution in [0.1, 0.15) is 24.0 Å². The van der Waals surface area contributed by atoms with Crippen molar-refractivity contribution in [1.29, 1.82) is 0 Å². The van der Waals surface area contributed by atoms with Crippen LogP contribution in [0.2, 0.25) is 0 Å². The molecule has 0 radical (unpaired) electrons. The van der Waals surface area contributed by atoms with Crippen LogP contribution in [0, 0.1) is 11.6 Å². The van der Waals surface area contributed by atoms with Gasteiger partial charge in [0.25, 0.3) is 0 Å². The standard InChI is InChI=1S/C21H17F5N2O2/c22-17-4-5-19-14(2-6-20(29)28-19)15(17)10-27-11-7-13(8-11)30-12-1-3-18(23)16(9-12)21(24,25)26/h1-6,9,11,13,27H,7-8,10H2,(H,28,29). The number of hydrogen-bond acceptors (Lipinski definition) is 3. The maximum atomic E-state index is 14.2. The van der Waals surface area contributed by atoms with Gasteiger partial charge in [-0.1, -0.05) is 0 Å². The Bertz CT molecular complexity index is 1140. The number of halogens is 5. The van der Waals surface area contributed by atoms with Gasteiger partial charge in [0.2, 0.25) is 5.56 Å². The first-order valence-electron chi connectivity index (χ1n) is 9.28. The summed E-state index contributed by atoms with van der Waals surface area (Å²) in [5.74, 6) is -1.79. The smallest absolute Gasteiger partial charge is 0.419 e. The summed E-state index contributed by atoms with van der Waals surface area (Å²) in [6.45, 7) is 0.224. The molecule has 0 saturated heterocycles. The molecule has 0 atom stereocenters. The van der Waals surface area contributed by atoms with Gasteiger partial charge in [0.05, 0.1) is 5.56 Å². The van der Waals surface area contributed by atoms with Gasteiger partial charge < -0.3 is 15.0 Å². The summed E-state index contributed by atoms with van der Waals surface area (Å²) in [5, 5.41) is 3.79. The number of benzene rings is 2. The van der Waals surface area contributed by atoms with Crippen LogP contribution in [0.5, 0.6) is 5.75 Å². The number of pyridine rings is 1. The lowest BCUT2D eigenvalue weighted by atomic mass is 9.89. The fourth-order valence-corrected chi connectivity index (χ4v) is 3.51. The molecule has 4 rings (SSSR count). The highest BCUT2D eigenvalue weighted by atomic mass is 19.4. The second-order valence-electron chi connectivity index (χ2n) is 7.24. The minimum Gasteiger partial charge on any atom is -0.490 e. The average Bonchev–Trinajstić information content (AvgIpc) is 2.65. The van der Waals surface area contributed by atoms with E-state index in [1.54, 1.807) is 6.07 Å². The van der Waals surface area contributed by atoms with Gasteiger partial charge in [0, 0.05) is 35.1 Å². The highest BCUT2D eigenvalue weighted by Crippen LogP contribution is 2.35. The quantitative estimate of drug-likeness (QED) is 0.592. The fourth-order valence-electron chi connectivity index (χ4n) is 3.51. The minimum atomic E-state index is -4.79. The lowest BCUT2D eigenvalue weighted by Gasteiger charge is -2.36. The normalized spacial score (nSPS) is 19.0. The molecule has 30 heavy (non-hydrogen) atoms. The van der Waals surface area contributed by atoms with E-state index in [-0.39, 0.29) is 30.0 Å². The first-order valence-corrected chi connectivity index (χ1v) is 9.28. The van der Waals surface area contributed by atoms with E-state index in [1.807, 2.05) is 0 Å². The van der Waals surface area contributed by atoms with Crippen molar-refractivity contribution in [1.82, 2.24) is 10.3 Å². The molecule has 1 saturated carbocycles. The van der Waals surface area contributed by atoms with Crippen LogP contribution in [-0.4, -0.2) is 17.1 Å². The van der Waals surface area contributed by atoms with Crippen molar-refractivity contribution in [2.24, 2.45) is 0 Å². The predicted octanol–water partition coefficient (Wildman–Crippen LogP) is 4.52. The van der Waals surface area contributed by atoms with Crippen molar-refractivity contribution in [3.8, 4) is 5.75 Å². The Kier molecular flexibility index (Phi) is 5.23. The minimum absolute atomic E-state index is 0.00467. The molecule has 1 fully saturated rings. The molecule has 2 N–H and O–H groups in total. The number of fused-ring (bicyclic) bond motifs is 1. The van der Waals surface area contributed by atoms with Crippen LogP contribution in [0.4, 0.5) is 22.0 Å². The second kappa shape index (κ2) is 7.71. The largest absolute Gasteiger partial charge is 0.490 e. The van der Waals surface area contributed by atoms with Gasteiger partial charge in [-0.15, -0.1) is 0 Å². The van der Waals surface area contributed by atoms with Crippen LogP contribution in [0.15, 0.2) is 47.3 Å². The molecule has 9 heteroatoms. The van der Waals surface area contributed by atoms with Crippen molar-refractivity contribution in [3.05, 3.63) is 75.6 Å². The van der Waals surface area contributed by atoms with E-state index in [2.05, 4.69) is 10.3 Å². The molecule has 0 unspecified atom stereocenters. The summed E-state index contributed by atoms with van der Waals surface area (Å²) in [5.41, 5.74) is -0.686. The third kappa shape index (κ3) is 4.16. The number of aromatic amines is 1. The number of alkyl halides is 3. The van der Waals surface area contributed by atoms with Gasteiger partial charge in [0.15, 0.2) is 0 Å². The highest BCUT2D eigenvalue weighted by Gasteiger charge is 2.35. The Morgan fingerprint density at radius 1 is 1.03 bits per heavy atom. The molecule has 1 aliphatic rings. The third-order valence-electron chi connectivity index (χ3n) is 5.17. The van der Waals surface area contributed by atoms with Gasteiger partial charge in [-0.25, -0.2) is 8.78 Å². The summed E-state index contributed by atoms with van der Waals surface area (Å²) in [7, 11) is 0. The van der Waals surface area contributed by atoms with Crippen LogP contribution < -0.4 is 15.6 Å². The average molecular weight is 424 g/mol. The number of hydrogen-bond donors (Lipinski definition) is 2. The maximum Gasteiger partial charge on any atom is 0.419 e. The van der Waals surface area contributed by atoms with E-state index in [9.17, 15) is 26.7 Å². The first kappa shape index (κ1) is 20.3. The maximum absolute atomic E-state index is 14.2. The van der Waals surface area contributed by atoms with E-state index in [4.69, 9.17) is 4.74 Å². The molecule has 2 aromatic carbocycles. The van der Waals surface area contributed by atoms with E-state index < -0.39 is 23.4 Å². The van der Waals surface area contributed by atoms with Crippen molar-refractivity contribution < 1.29 is 26.7 Å². The monoisotopic (exact) mass is 424 g/mol. The lowest BCUT2D eigenvalue weighted by molar-refractivity contribution is -0.140. The van der Waals surface area contributed by atoms with Crippen molar-refractivity contribution in [3.63, 3.8) is 0 Å². The zero-order valence-corrected chi connectivity index (χ0v) is 15.5. The summed E-state index contributed by atoms with van der Waals surface area (Å²) in [6, 6.07) is 8.23. The summed E-state index contributed by atoms with van der Waals surface area (Å²) in [4.78, 5) is 14.1. The van der Waals surface area contributed by atoms with E-state index >= 15 is 0 Å². The second-order valence-corrected chi connectivity index (χ2v) is 7.24. The summed E-state index contributed by atoms with van der Waals surface area (Å²) < 4.78 is 71.5.